The summed E-state index contributed by atoms with van der Waals surface area (Å²) in [7, 11) is -3.46. The molecule has 0 aliphatic heterocycles. The molecule has 1 aromatic carbocycles. The third-order valence-corrected chi connectivity index (χ3v) is 4.27. The Labute approximate surface area is 110 Å². The van der Waals surface area contributed by atoms with E-state index in [-0.39, 0.29) is 18.5 Å². The fourth-order valence-corrected chi connectivity index (χ4v) is 2.87. The van der Waals surface area contributed by atoms with Crippen LogP contribution in [0.25, 0.3) is 0 Å². The number of nitrogens with two attached hydrogens (primary N) is 1. The standard InChI is InChI=1S/C13H22N2O2S/c1-9(2)13(14)8-15-18(16,17)12-6-10(3)5-11(4)7-12/h5-7,9,13,15H,8,14H2,1-4H3. The lowest BCUT2D eigenvalue weighted by atomic mass is 10.1. The Kier molecular flexibility index (Phi) is 4.90. The van der Waals surface area contributed by atoms with Gasteiger partial charge in [-0.05, 0) is 43.0 Å². The highest BCUT2D eigenvalue weighted by Crippen LogP contribution is 2.14. The summed E-state index contributed by atoms with van der Waals surface area (Å²) in [6.07, 6.45) is 0. The summed E-state index contributed by atoms with van der Waals surface area (Å²) in [6, 6.07) is 5.09. The lowest BCUT2D eigenvalue weighted by Crippen LogP contribution is -2.40. The van der Waals surface area contributed by atoms with Crippen LogP contribution in [0.15, 0.2) is 23.1 Å². The lowest BCUT2D eigenvalue weighted by Gasteiger charge is -2.16. The van der Waals surface area contributed by atoms with Crippen LogP contribution in [0.4, 0.5) is 0 Å². The first-order valence-corrected chi connectivity index (χ1v) is 7.54. The van der Waals surface area contributed by atoms with E-state index in [9.17, 15) is 8.42 Å². The third kappa shape index (κ3) is 4.08. The number of sulfonamides is 1. The van der Waals surface area contributed by atoms with Gasteiger partial charge in [-0.2, -0.15) is 0 Å². The largest absolute Gasteiger partial charge is 0.326 e. The van der Waals surface area contributed by atoms with E-state index in [0.717, 1.165) is 11.1 Å². The van der Waals surface area contributed by atoms with Gasteiger partial charge in [-0.25, -0.2) is 13.1 Å². The SMILES string of the molecule is Cc1cc(C)cc(S(=O)(=O)NCC(N)C(C)C)c1. The molecule has 1 aromatic rings. The van der Waals surface area contributed by atoms with Gasteiger partial charge in [0.2, 0.25) is 10.0 Å². The summed E-state index contributed by atoms with van der Waals surface area (Å²) >= 11 is 0. The van der Waals surface area contributed by atoms with Crippen LogP contribution in [0.1, 0.15) is 25.0 Å². The van der Waals surface area contributed by atoms with Gasteiger partial charge in [0.25, 0.3) is 0 Å². The summed E-state index contributed by atoms with van der Waals surface area (Å²) < 4.78 is 26.8. The van der Waals surface area contributed by atoms with Gasteiger partial charge in [0.1, 0.15) is 0 Å². The average molecular weight is 270 g/mol. The molecule has 0 bridgehead atoms. The van der Waals surface area contributed by atoms with E-state index in [2.05, 4.69) is 4.72 Å². The molecule has 0 aliphatic rings. The smallest absolute Gasteiger partial charge is 0.240 e. The van der Waals surface area contributed by atoms with Crippen molar-refractivity contribution in [1.29, 1.82) is 0 Å². The van der Waals surface area contributed by atoms with Gasteiger partial charge in [0, 0.05) is 12.6 Å². The van der Waals surface area contributed by atoms with Crippen molar-refractivity contribution in [2.75, 3.05) is 6.54 Å². The van der Waals surface area contributed by atoms with Crippen LogP contribution in [0.3, 0.4) is 0 Å². The molecule has 0 heterocycles. The minimum Gasteiger partial charge on any atom is -0.326 e. The number of hydrogen-bond acceptors (Lipinski definition) is 3. The number of aryl methyl sites for hydroxylation is 2. The number of benzene rings is 1. The Bertz CT molecular complexity index is 489. The Hall–Kier alpha value is -0.910. The summed E-state index contributed by atoms with van der Waals surface area (Å²) in [6.45, 7) is 7.95. The lowest BCUT2D eigenvalue weighted by molar-refractivity contribution is 0.481. The Morgan fingerprint density at radius 3 is 2.11 bits per heavy atom. The average Bonchev–Trinajstić information content (AvgIpc) is 2.24. The molecule has 5 heteroatoms. The molecule has 1 unspecified atom stereocenters. The van der Waals surface area contributed by atoms with Crippen molar-refractivity contribution < 1.29 is 8.42 Å². The predicted octanol–water partition coefficient (Wildman–Crippen LogP) is 1.57. The molecule has 4 nitrogen and oxygen atoms in total. The summed E-state index contributed by atoms with van der Waals surface area (Å²) in [5, 5.41) is 0. The zero-order chi connectivity index (χ0) is 13.9. The van der Waals surface area contributed by atoms with Gasteiger partial charge in [-0.1, -0.05) is 19.9 Å². The van der Waals surface area contributed by atoms with Crippen LogP contribution in [0.2, 0.25) is 0 Å². The van der Waals surface area contributed by atoms with Crippen LogP contribution in [-0.2, 0) is 10.0 Å². The van der Waals surface area contributed by atoms with E-state index >= 15 is 0 Å². The molecule has 0 fully saturated rings. The number of hydrogen-bond donors (Lipinski definition) is 2. The Balaban J connectivity index is 2.86. The molecule has 0 aromatic heterocycles. The van der Waals surface area contributed by atoms with Crippen LogP contribution in [-0.4, -0.2) is 21.0 Å². The molecular formula is C13H22N2O2S. The van der Waals surface area contributed by atoms with Crippen LogP contribution in [0, 0.1) is 19.8 Å². The van der Waals surface area contributed by atoms with Gasteiger partial charge in [0.15, 0.2) is 0 Å². The third-order valence-electron chi connectivity index (χ3n) is 2.87. The van der Waals surface area contributed by atoms with Crippen molar-refractivity contribution in [1.82, 2.24) is 4.72 Å². The molecule has 3 N–H and O–H groups in total. The highest BCUT2D eigenvalue weighted by Gasteiger charge is 2.17. The predicted molar refractivity (Wildman–Crippen MR) is 73.9 cm³/mol. The number of rotatable bonds is 5. The molecule has 18 heavy (non-hydrogen) atoms. The highest BCUT2D eigenvalue weighted by atomic mass is 32.2. The van der Waals surface area contributed by atoms with Crippen LogP contribution >= 0.6 is 0 Å². The monoisotopic (exact) mass is 270 g/mol. The number of nitrogens with one attached hydrogen (secondary N) is 1. The first-order chi connectivity index (χ1) is 8.22. The molecule has 0 saturated carbocycles. The van der Waals surface area contributed by atoms with E-state index in [1.54, 1.807) is 12.1 Å². The maximum atomic E-state index is 12.1. The normalized spacial score (nSPS) is 13.9. The minimum atomic E-state index is -3.46. The molecule has 1 rings (SSSR count). The zero-order valence-corrected chi connectivity index (χ0v) is 12.2. The van der Waals surface area contributed by atoms with Crippen molar-refractivity contribution >= 4 is 10.0 Å². The van der Waals surface area contributed by atoms with Crippen LogP contribution in [0.5, 0.6) is 0 Å². The van der Waals surface area contributed by atoms with E-state index in [1.807, 2.05) is 33.8 Å². The van der Waals surface area contributed by atoms with Crippen LogP contribution < -0.4 is 10.5 Å². The molecule has 0 amide bonds. The van der Waals surface area contributed by atoms with Gasteiger partial charge >= 0.3 is 0 Å². The topological polar surface area (TPSA) is 72.2 Å². The van der Waals surface area contributed by atoms with Gasteiger partial charge in [0.05, 0.1) is 4.90 Å². The fourth-order valence-electron chi connectivity index (χ4n) is 1.61. The maximum Gasteiger partial charge on any atom is 0.240 e. The van der Waals surface area contributed by atoms with E-state index in [0.29, 0.717) is 4.90 Å². The molecule has 102 valence electrons. The summed E-state index contributed by atoms with van der Waals surface area (Å²) in [5.41, 5.74) is 7.70. The Morgan fingerprint density at radius 2 is 1.67 bits per heavy atom. The molecular weight excluding hydrogens is 248 g/mol. The molecule has 0 saturated heterocycles. The van der Waals surface area contributed by atoms with Crippen molar-refractivity contribution in [2.45, 2.75) is 38.6 Å². The first-order valence-electron chi connectivity index (χ1n) is 6.06. The minimum absolute atomic E-state index is 0.175. The highest BCUT2D eigenvalue weighted by molar-refractivity contribution is 7.89. The molecule has 0 radical (unpaired) electrons. The second-order valence-electron chi connectivity index (χ2n) is 5.08. The van der Waals surface area contributed by atoms with Gasteiger partial charge in [-0.3, -0.25) is 0 Å². The first kappa shape index (κ1) is 15.1. The van der Waals surface area contributed by atoms with Crippen molar-refractivity contribution in [2.24, 2.45) is 11.7 Å². The van der Waals surface area contributed by atoms with Gasteiger partial charge < -0.3 is 5.73 Å². The van der Waals surface area contributed by atoms with Crippen molar-refractivity contribution in [3.63, 3.8) is 0 Å². The van der Waals surface area contributed by atoms with E-state index in [4.69, 9.17) is 5.73 Å². The zero-order valence-electron chi connectivity index (χ0n) is 11.4. The van der Waals surface area contributed by atoms with E-state index in [1.165, 1.54) is 0 Å². The summed E-state index contributed by atoms with van der Waals surface area (Å²) in [5.74, 6) is 0.243. The molecule has 0 spiro atoms. The molecule has 0 aliphatic carbocycles. The maximum absolute atomic E-state index is 12.1. The van der Waals surface area contributed by atoms with E-state index < -0.39 is 10.0 Å². The molecule has 1 atom stereocenters. The fraction of sp³-hybridized carbons (Fsp3) is 0.538. The Morgan fingerprint density at radius 1 is 1.17 bits per heavy atom. The van der Waals surface area contributed by atoms with Crippen molar-refractivity contribution in [3.8, 4) is 0 Å². The summed E-state index contributed by atoms with van der Waals surface area (Å²) in [4.78, 5) is 0.302. The second-order valence-corrected chi connectivity index (χ2v) is 6.85. The van der Waals surface area contributed by atoms with Gasteiger partial charge in [-0.15, -0.1) is 0 Å². The second kappa shape index (κ2) is 5.82. The van der Waals surface area contributed by atoms with Crippen molar-refractivity contribution in [3.05, 3.63) is 29.3 Å². The quantitative estimate of drug-likeness (QED) is 0.853.